The third-order valence-electron chi connectivity index (χ3n) is 4.55. The molecule has 1 saturated heterocycles. The molecular formula is C15H19Cl3N2O. The lowest BCUT2D eigenvalue weighted by Crippen LogP contribution is -2.38. The molecule has 0 radical (unpaired) electrons. The van der Waals surface area contributed by atoms with Gasteiger partial charge in [0.25, 0.3) is 5.91 Å². The third-order valence-corrected chi connectivity index (χ3v) is 4.99. The van der Waals surface area contributed by atoms with Gasteiger partial charge in [-0.15, -0.1) is 12.4 Å². The van der Waals surface area contributed by atoms with Crippen LogP contribution in [-0.4, -0.2) is 29.9 Å². The molecule has 1 saturated carbocycles. The Balaban J connectivity index is 0.00000161. The summed E-state index contributed by atoms with van der Waals surface area (Å²) in [4.78, 5) is 14.5. The predicted octanol–water partition coefficient (Wildman–Crippen LogP) is 3.61. The fraction of sp³-hybridized carbons (Fsp3) is 0.533. The molecule has 3 unspecified atom stereocenters. The average Bonchev–Trinajstić information content (AvgIpc) is 2.82. The minimum absolute atomic E-state index is 0. The van der Waals surface area contributed by atoms with E-state index in [9.17, 15) is 4.79 Å². The second-order valence-electron chi connectivity index (χ2n) is 5.89. The summed E-state index contributed by atoms with van der Waals surface area (Å²) in [6.07, 6.45) is 3.43. The summed E-state index contributed by atoms with van der Waals surface area (Å²) in [6.45, 7) is 1.57. The summed E-state index contributed by atoms with van der Waals surface area (Å²) < 4.78 is 0. The van der Waals surface area contributed by atoms with E-state index in [2.05, 4.69) is 0 Å². The Morgan fingerprint density at radius 3 is 2.43 bits per heavy atom. The van der Waals surface area contributed by atoms with Crippen LogP contribution in [0.15, 0.2) is 18.2 Å². The molecule has 2 fully saturated rings. The van der Waals surface area contributed by atoms with Gasteiger partial charge in [0.15, 0.2) is 0 Å². The van der Waals surface area contributed by atoms with E-state index in [1.165, 1.54) is 12.8 Å². The number of amides is 1. The maximum absolute atomic E-state index is 12.6. The number of nitrogens with zero attached hydrogens (tertiary/aromatic N) is 1. The zero-order chi connectivity index (χ0) is 14.3. The molecule has 3 rings (SSSR count). The first kappa shape index (κ1) is 16.9. The number of carbonyl (C=O) groups is 1. The largest absolute Gasteiger partial charge is 0.338 e. The molecule has 1 aliphatic carbocycles. The van der Waals surface area contributed by atoms with Crippen molar-refractivity contribution in [1.82, 2.24) is 4.90 Å². The molecule has 2 aliphatic rings. The number of halogens is 3. The van der Waals surface area contributed by atoms with Gasteiger partial charge in [-0.2, -0.15) is 0 Å². The lowest BCUT2D eigenvalue weighted by atomic mass is 9.78. The van der Waals surface area contributed by atoms with Gasteiger partial charge in [-0.3, -0.25) is 4.79 Å². The van der Waals surface area contributed by atoms with Crippen LogP contribution in [0.5, 0.6) is 0 Å². The van der Waals surface area contributed by atoms with Crippen LogP contribution >= 0.6 is 35.6 Å². The highest BCUT2D eigenvalue weighted by Gasteiger charge is 2.40. The van der Waals surface area contributed by atoms with Gasteiger partial charge >= 0.3 is 0 Å². The second kappa shape index (κ2) is 6.74. The van der Waals surface area contributed by atoms with Crippen LogP contribution in [0.1, 0.15) is 29.6 Å². The van der Waals surface area contributed by atoms with E-state index in [0.717, 1.165) is 19.5 Å². The summed E-state index contributed by atoms with van der Waals surface area (Å²) in [7, 11) is 0. The summed E-state index contributed by atoms with van der Waals surface area (Å²) in [5.41, 5.74) is 6.75. The summed E-state index contributed by atoms with van der Waals surface area (Å²) in [5, 5.41) is 0.989. The SMILES string of the molecule is Cl.NC1CCCC2CN(C(=O)c3cc(Cl)cc(Cl)c3)CC12. The van der Waals surface area contributed by atoms with E-state index in [4.69, 9.17) is 28.9 Å². The molecule has 0 spiro atoms. The van der Waals surface area contributed by atoms with Gasteiger partial charge in [0.05, 0.1) is 0 Å². The highest BCUT2D eigenvalue weighted by molar-refractivity contribution is 6.35. The van der Waals surface area contributed by atoms with Gasteiger partial charge in [-0.1, -0.05) is 29.6 Å². The van der Waals surface area contributed by atoms with Crippen molar-refractivity contribution < 1.29 is 4.79 Å². The number of nitrogens with two attached hydrogens (primary N) is 1. The highest BCUT2D eigenvalue weighted by Crippen LogP contribution is 2.36. The van der Waals surface area contributed by atoms with E-state index < -0.39 is 0 Å². The molecule has 0 bridgehead atoms. The first-order chi connectivity index (χ1) is 9.54. The maximum Gasteiger partial charge on any atom is 0.253 e. The molecule has 1 aromatic carbocycles. The summed E-state index contributed by atoms with van der Waals surface area (Å²) >= 11 is 11.9. The zero-order valence-corrected chi connectivity index (χ0v) is 13.9. The Bertz CT molecular complexity index is 517. The van der Waals surface area contributed by atoms with Crippen molar-refractivity contribution in [1.29, 1.82) is 0 Å². The quantitative estimate of drug-likeness (QED) is 0.842. The lowest BCUT2D eigenvalue weighted by molar-refractivity contribution is 0.0783. The number of rotatable bonds is 1. The maximum atomic E-state index is 12.6. The van der Waals surface area contributed by atoms with Crippen molar-refractivity contribution in [2.45, 2.75) is 25.3 Å². The van der Waals surface area contributed by atoms with Gasteiger partial charge in [0.1, 0.15) is 0 Å². The molecule has 1 aromatic rings. The van der Waals surface area contributed by atoms with Crippen molar-refractivity contribution in [2.24, 2.45) is 17.6 Å². The van der Waals surface area contributed by atoms with Crippen LogP contribution in [0.25, 0.3) is 0 Å². The van der Waals surface area contributed by atoms with Crippen LogP contribution in [0, 0.1) is 11.8 Å². The Kier molecular flexibility index (Phi) is 5.42. The molecule has 6 heteroatoms. The third kappa shape index (κ3) is 3.48. The van der Waals surface area contributed by atoms with Crippen LogP contribution in [-0.2, 0) is 0 Å². The van der Waals surface area contributed by atoms with Crippen LogP contribution in [0.2, 0.25) is 10.0 Å². The van der Waals surface area contributed by atoms with E-state index in [0.29, 0.717) is 27.4 Å². The van der Waals surface area contributed by atoms with Gasteiger partial charge in [-0.25, -0.2) is 0 Å². The predicted molar refractivity (Wildman–Crippen MR) is 88.4 cm³/mol. The molecule has 116 valence electrons. The van der Waals surface area contributed by atoms with Gasteiger partial charge < -0.3 is 10.6 Å². The standard InChI is InChI=1S/C15H18Cl2N2O.ClH/c16-11-4-10(5-12(17)6-11)15(20)19-7-9-2-1-3-14(18)13(9)8-19;/h4-6,9,13-14H,1-3,7-8,18H2;1H. The Labute approximate surface area is 141 Å². The van der Waals surface area contributed by atoms with Crippen molar-refractivity contribution in [3.05, 3.63) is 33.8 Å². The molecule has 0 aromatic heterocycles. The molecule has 21 heavy (non-hydrogen) atoms. The summed E-state index contributed by atoms with van der Waals surface area (Å²) in [6, 6.07) is 5.23. The monoisotopic (exact) mass is 348 g/mol. The van der Waals surface area contributed by atoms with Crippen LogP contribution in [0.4, 0.5) is 0 Å². The number of benzene rings is 1. The number of hydrogen-bond acceptors (Lipinski definition) is 2. The van der Waals surface area contributed by atoms with Gasteiger partial charge in [0, 0.05) is 34.7 Å². The smallest absolute Gasteiger partial charge is 0.253 e. The Morgan fingerprint density at radius 1 is 1.14 bits per heavy atom. The minimum Gasteiger partial charge on any atom is -0.338 e. The van der Waals surface area contributed by atoms with Crippen LogP contribution < -0.4 is 5.73 Å². The first-order valence-electron chi connectivity index (χ1n) is 7.05. The minimum atomic E-state index is 0. The summed E-state index contributed by atoms with van der Waals surface area (Å²) in [5.74, 6) is 1.01. The number of likely N-dealkylation sites (tertiary alicyclic amines) is 1. The van der Waals surface area contributed by atoms with Gasteiger partial charge in [0.2, 0.25) is 0 Å². The highest BCUT2D eigenvalue weighted by atomic mass is 35.5. The molecule has 3 nitrogen and oxygen atoms in total. The molecule has 1 aliphatic heterocycles. The van der Waals surface area contributed by atoms with E-state index in [1.54, 1.807) is 18.2 Å². The van der Waals surface area contributed by atoms with E-state index in [-0.39, 0.29) is 24.4 Å². The molecular weight excluding hydrogens is 331 g/mol. The van der Waals surface area contributed by atoms with Crippen LogP contribution in [0.3, 0.4) is 0 Å². The number of fused-ring (bicyclic) bond motifs is 1. The Morgan fingerprint density at radius 2 is 1.81 bits per heavy atom. The zero-order valence-electron chi connectivity index (χ0n) is 11.6. The molecule has 3 atom stereocenters. The lowest BCUT2D eigenvalue weighted by Gasteiger charge is -2.29. The van der Waals surface area contributed by atoms with E-state index >= 15 is 0 Å². The average molecular weight is 350 g/mol. The molecule has 2 N–H and O–H groups in total. The first-order valence-corrected chi connectivity index (χ1v) is 7.81. The van der Waals surface area contributed by atoms with Crippen molar-refractivity contribution in [2.75, 3.05) is 13.1 Å². The van der Waals surface area contributed by atoms with Crippen molar-refractivity contribution in [3.8, 4) is 0 Å². The van der Waals surface area contributed by atoms with Gasteiger partial charge in [-0.05, 0) is 42.9 Å². The number of carbonyl (C=O) groups excluding carboxylic acids is 1. The van der Waals surface area contributed by atoms with Crippen molar-refractivity contribution >= 4 is 41.5 Å². The molecule has 1 amide bonds. The Hall–Kier alpha value is -0.480. The topological polar surface area (TPSA) is 46.3 Å². The van der Waals surface area contributed by atoms with Crippen molar-refractivity contribution in [3.63, 3.8) is 0 Å². The molecule has 1 heterocycles. The second-order valence-corrected chi connectivity index (χ2v) is 6.76. The van der Waals surface area contributed by atoms with E-state index in [1.807, 2.05) is 4.90 Å². The number of hydrogen-bond donors (Lipinski definition) is 1. The normalized spacial score (nSPS) is 28.0. The fourth-order valence-electron chi connectivity index (χ4n) is 3.54. The fourth-order valence-corrected chi connectivity index (χ4v) is 4.07.